The molecule has 0 unspecified atom stereocenters. The summed E-state index contributed by atoms with van der Waals surface area (Å²) in [5, 5.41) is 2.81. The van der Waals surface area contributed by atoms with E-state index in [2.05, 4.69) is 5.32 Å². The van der Waals surface area contributed by atoms with Crippen molar-refractivity contribution < 1.29 is 19.1 Å². The van der Waals surface area contributed by atoms with Gasteiger partial charge in [0.15, 0.2) is 0 Å². The number of ether oxygens (including phenoxy) is 1. The number of nitrogens with one attached hydrogen (secondary N) is 1. The van der Waals surface area contributed by atoms with Crippen molar-refractivity contribution in [3.63, 3.8) is 0 Å². The minimum Gasteiger partial charge on any atom is -0.496 e. The molecule has 0 saturated heterocycles. The third-order valence-electron chi connectivity index (χ3n) is 4.26. The fourth-order valence-electron chi connectivity index (χ4n) is 2.93. The highest BCUT2D eigenvalue weighted by Gasteiger charge is 2.35. The molecule has 6 nitrogen and oxygen atoms in total. The summed E-state index contributed by atoms with van der Waals surface area (Å²) in [6.45, 7) is 2.63. The Morgan fingerprint density at radius 1 is 1.08 bits per heavy atom. The third kappa shape index (κ3) is 3.18. The van der Waals surface area contributed by atoms with Crippen LogP contribution in [0.25, 0.3) is 0 Å². The largest absolute Gasteiger partial charge is 0.496 e. The maximum absolute atomic E-state index is 12.5. The molecule has 0 bridgehead atoms. The van der Waals surface area contributed by atoms with E-state index < -0.39 is 0 Å². The lowest BCUT2D eigenvalue weighted by Gasteiger charge is -2.16. The molecular weight excluding hydrogens is 332 g/mol. The van der Waals surface area contributed by atoms with Crippen LogP contribution in [0.1, 0.15) is 50.0 Å². The number of amides is 3. The van der Waals surface area contributed by atoms with E-state index >= 15 is 0 Å². The van der Waals surface area contributed by atoms with Crippen LogP contribution < -0.4 is 10.1 Å². The fourth-order valence-corrected chi connectivity index (χ4v) is 2.93. The molecule has 1 N–H and O–H groups in total. The predicted octanol–water partition coefficient (Wildman–Crippen LogP) is 2.63. The molecule has 0 spiro atoms. The van der Waals surface area contributed by atoms with E-state index in [4.69, 9.17) is 4.74 Å². The van der Waals surface area contributed by atoms with E-state index in [9.17, 15) is 14.4 Å². The summed E-state index contributed by atoms with van der Waals surface area (Å²) in [6, 6.07) is 11.8. The van der Waals surface area contributed by atoms with Gasteiger partial charge in [-0.25, -0.2) is 0 Å². The van der Waals surface area contributed by atoms with Gasteiger partial charge in [-0.1, -0.05) is 25.1 Å². The zero-order chi connectivity index (χ0) is 18.7. The van der Waals surface area contributed by atoms with Crippen molar-refractivity contribution in [1.29, 1.82) is 0 Å². The van der Waals surface area contributed by atoms with Gasteiger partial charge in [-0.3, -0.25) is 19.3 Å². The summed E-state index contributed by atoms with van der Waals surface area (Å²) in [6.07, 6.45) is 0.822. The van der Waals surface area contributed by atoms with Gasteiger partial charge >= 0.3 is 0 Å². The van der Waals surface area contributed by atoms with Gasteiger partial charge in [-0.05, 0) is 36.2 Å². The Kier molecular flexibility index (Phi) is 5.02. The average Bonchev–Trinajstić information content (AvgIpc) is 2.91. The Morgan fingerprint density at radius 3 is 2.31 bits per heavy atom. The molecule has 0 fully saturated rings. The van der Waals surface area contributed by atoms with Crippen molar-refractivity contribution in [2.24, 2.45) is 0 Å². The first-order valence-corrected chi connectivity index (χ1v) is 8.47. The van der Waals surface area contributed by atoms with Gasteiger partial charge in [-0.15, -0.1) is 0 Å². The number of imide groups is 1. The Bertz CT molecular complexity index is 841. The minimum atomic E-state index is -0.321. The van der Waals surface area contributed by atoms with Crippen molar-refractivity contribution in [3.8, 4) is 5.75 Å². The number of nitrogens with zero attached hydrogens (tertiary/aromatic N) is 1. The molecule has 2 aromatic rings. The zero-order valence-corrected chi connectivity index (χ0v) is 14.7. The molecule has 3 rings (SSSR count). The van der Waals surface area contributed by atoms with E-state index in [-0.39, 0.29) is 24.3 Å². The van der Waals surface area contributed by atoms with Gasteiger partial charge in [0.25, 0.3) is 17.7 Å². The van der Waals surface area contributed by atoms with Gasteiger partial charge in [0, 0.05) is 6.54 Å². The quantitative estimate of drug-likeness (QED) is 0.811. The Hall–Kier alpha value is -3.15. The summed E-state index contributed by atoms with van der Waals surface area (Å²) in [5.74, 6) is -0.436. The topological polar surface area (TPSA) is 75.7 Å². The van der Waals surface area contributed by atoms with Gasteiger partial charge < -0.3 is 10.1 Å². The highest BCUT2D eigenvalue weighted by atomic mass is 16.5. The lowest BCUT2D eigenvalue weighted by Crippen LogP contribution is -2.29. The van der Waals surface area contributed by atoms with Crippen LogP contribution in [-0.4, -0.2) is 36.3 Å². The van der Waals surface area contributed by atoms with E-state index in [1.807, 2.05) is 6.92 Å². The standard InChI is InChI=1S/C20H20N2O4/c1-3-10-21-18(23)16-11-13(8-9-17(16)26-2)12-22-19(24)14-6-4-5-7-15(14)20(22)25/h4-9,11H,3,10,12H2,1-2H3,(H,21,23). The van der Waals surface area contributed by atoms with Crippen molar-refractivity contribution >= 4 is 17.7 Å². The lowest BCUT2D eigenvalue weighted by molar-refractivity contribution is 0.0642. The molecule has 6 heteroatoms. The fraction of sp³-hybridized carbons (Fsp3) is 0.250. The van der Waals surface area contributed by atoms with Gasteiger partial charge in [0.1, 0.15) is 5.75 Å². The molecule has 1 aliphatic rings. The third-order valence-corrected chi connectivity index (χ3v) is 4.26. The highest BCUT2D eigenvalue weighted by molar-refractivity contribution is 6.21. The molecular formula is C20H20N2O4. The Balaban J connectivity index is 1.86. The number of hydrogen-bond acceptors (Lipinski definition) is 4. The van der Waals surface area contributed by atoms with Crippen LogP contribution >= 0.6 is 0 Å². The first-order valence-electron chi connectivity index (χ1n) is 8.47. The highest BCUT2D eigenvalue weighted by Crippen LogP contribution is 2.26. The Morgan fingerprint density at radius 2 is 1.73 bits per heavy atom. The first-order chi connectivity index (χ1) is 12.6. The van der Waals surface area contributed by atoms with Crippen LogP contribution in [-0.2, 0) is 6.54 Å². The molecule has 26 heavy (non-hydrogen) atoms. The number of benzene rings is 2. The normalized spacial score (nSPS) is 12.9. The minimum absolute atomic E-state index is 0.102. The van der Waals surface area contributed by atoms with E-state index in [1.54, 1.807) is 42.5 Å². The van der Waals surface area contributed by atoms with Crippen LogP contribution in [0, 0.1) is 0 Å². The second kappa shape index (κ2) is 7.39. The number of carbonyl (C=O) groups excluding carboxylic acids is 3. The van der Waals surface area contributed by atoms with Crippen molar-refractivity contribution in [1.82, 2.24) is 10.2 Å². The number of hydrogen-bond donors (Lipinski definition) is 1. The van der Waals surface area contributed by atoms with E-state index in [1.165, 1.54) is 12.0 Å². The number of carbonyl (C=O) groups is 3. The molecule has 1 heterocycles. The molecule has 0 aromatic heterocycles. The van der Waals surface area contributed by atoms with Crippen LogP contribution in [0.3, 0.4) is 0 Å². The second-order valence-corrected chi connectivity index (χ2v) is 6.03. The Labute approximate surface area is 151 Å². The van der Waals surface area contributed by atoms with Crippen molar-refractivity contribution in [3.05, 3.63) is 64.7 Å². The molecule has 2 aromatic carbocycles. The summed E-state index contributed by atoms with van der Waals surface area (Å²) < 4.78 is 5.26. The number of fused-ring (bicyclic) bond motifs is 1. The van der Waals surface area contributed by atoms with Crippen LogP contribution in [0.4, 0.5) is 0 Å². The average molecular weight is 352 g/mol. The maximum atomic E-state index is 12.5. The van der Waals surface area contributed by atoms with E-state index in [0.29, 0.717) is 34.5 Å². The summed E-state index contributed by atoms with van der Waals surface area (Å²) in [5.41, 5.74) is 1.89. The van der Waals surface area contributed by atoms with Gasteiger partial charge in [0.05, 0.1) is 30.3 Å². The van der Waals surface area contributed by atoms with Crippen LogP contribution in [0.15, 0.2) is 42.5 Å². The maximum Gasteiger partial charge on any atom is 0.261 e. The zero-order valence-electron chi connectivity index (χ0n) is 14.7. The summed E-state index contributed by atoms with van der Waals surface area (Å²) >= 11 is 0. The van der Waals surface area contributed by atoms with Crippen molar-refractivity contribution in [2.45, 2.75) is 19.9 Å². The lowest BCUT2D eigenvalue weighted by atomic mass is 10.1. The summed E-state index contributed by atoms with van der Waals surface area (Å²) in [4.78, 5) is 38.5. The van der Waals surface area contributed by atoms with Gasteiger partial charge in [0.2, 0.25) is 0 Å². The van der Waals surface area contributed by atoms with Crippen molar-refractivity contribution in [2.75, 3.05) is 13.7 Å². The summed E-state index contributed by atoms with van der Waals surface area (Å²) in [7, 11) is 1.50. The molecule has 134 valence electrons. The molecule has 1 aliphatic heterocycles. The molecule has 0 saturated carbocycles. The number of rotatable bonds is 6. The number of methoxy groups -OCH3 is 1. The molecule has 3 amide bonds. The monoisotopic (exact) mass is 352 g/mol. The second-order valence-electron chi connectivity index (χ2n) is 6.03. The van der Waals surface area contributed by atoms with Crippen LogP contribution in [0.2, 0.25) is 0 Å². The molecule has 0 aliphatic carbocycles. The molecule has 0 atom stereocenters. The smallest absolute Gasteiger partial charge is 0.261 e. The van der Waals surface area contributed by atoms with E-state index in [0.717, 1.165) is 6.42 Å². The molecule has 0 radical (unpaired) electrons. The SMILES string of the molecule is CCCNC(=O)c1cc(CN2C(=O)c3ccccc3C2=O)ccc1OC. The van der Waals surface area contributed by atoms with Crippen LogP contribution in [0.5, 0.6) is 5.75 Å². The first kappa shape index (κ1) is 17.7. The van der Waals surface area contributed by atoms with Gasteiger partial charge in [-0.2, -0.15) is 0 Å². The predicted molar refractivity (Wildman–Crippen MR) is 96.3 cm³/mol.